The van der Waals surface area contributed by atoms with Crippen molar-refractivity contribution in [2.24, 2.45) is 7.05 Å². The second-order valence-corrected chi connectivity index (χ2v) is 7.51. The van der Waals surface area contributed by atoms with Crippen LogP contribution < -0.4 is 10.5 Å². The molecule has 2 heterocycles. The number of fused-ring (bicyclic) bond motifs is 1. The first kappa shape index (κ1) is 16.4. The quantitative estimate of drug-likeness (QED) is 0.757. The molecule has 0 aliphatic rings. The molecule has 1 N–H and O–H groups in total. The van der Waals surface area contributed by atoms with Gasteiger partial charge in [-0.2, -0.15) is 0 Å². The van der Waals surface area contributed by atoms with Crippen LogP contribution in [0.4, 0.5) is 0 Å². The van der Waals surface area contributed by atoms with Gasteiger partial charge in [-0.25, -0.2) is 17.9 Å². The molecule has 2 aromatic heterocycles. The Morgan fingerprint density at radius 2 is 2.00 bits per heavy atom. The van der Waals surface area contributed by atoms with Crippen molar-refractivity contribution in [2.45, 2.75) is 13.5 Å². The van der Waals surface area contributed by atoms with Crippen LogP contribution in [-0.2, 0) is 23.6 Å². The smallest absolute Gasteiger partial charge is 0.408 e. The van der Waals surface area contributed by atoms with E-state index in [-0.39, 0.29) is 12.3 Å². The summed E-state index contributed by atoms with van der Waals surface area (Å²) in [4.78, 5) is 15.7. The fourth-order valence-electron chi connectivity index (χ4n) is 2.34. The molecule has 0 amide bonds. The molecule has 0 aliphatic heterocycles. The third-order valence-electron chi connectivity index (χ3n) is 3.80. The molecule has 0 unspecified atom stereocenters. The fraction of sp³-hybridized carbons (Fsp3) is 0.250. The number of nitrogens with zero attached hydrogens (tertiary/aromatic N) is 2. The lowest BCUT2D eigenvalue weighted by molar-refractivity contribution is 0.528. The van der Waals surface area contributed by atoms with Gasteiger partial charge in [0.1, 0.15) is 0 Å². The van der Waals surface area contributed by atoms with E-state index in [1.807, 2.05) is 18.2 Å². The molecule has 1 aromatic carbocycles. The molecule has 3 aromatic rings. The van der Waals surface area contributed by atoms with Crippen LogP contribution in [0.2, 0.25) is 0 Å². The third-order valence-corrected chi connectivity index (χ3v) is 5.14. The molecule has 0 spiro atoms. The maximum Gasteiger partial charge on any atom is 0.419 e. The van der Waals surface area contributed by atoms with E-state index in [1.54, 1.807) is 32.4 Å². The molecule has 0 bridgehead atoms. The van der Waals surface area contributed by atoms with E-state index in [0.29, 0.717) is 11.1 Å². The number of nitrogens with one attached hydrogen (secondary N) is 1. The van der Waals surface area contributed by atoms with E-state index in [4.69, 9.17) is 4.42 Å². The highest BCUT2D eigenvalue weighted by atomic mass is 32.2. The standard InChI is InChI=1S/C16H17N3O4S/c1-3-24(21,22)18-9-11-6-13(10-17-8-11)12-4-5-15-14(7-12)19(2)16(20)23-15/h4-8,10,18H,3,9H2,1-2H3. The molecule has 126 valence electrons. The van der Waals surface area contributed by atoms with Crippen molar-refractivity contribution < 1.29 is 12.8 Å². The number of sulfonamides is 1. The fourth-order valence-corrected chi connectivity index (χ4v) is 2.93. The number of oxazole rings is 1. The number of aryl methyl sites for hydroxylation is 1. The summed E-state index contributed by atoms with van der Waals surface area (Å²) < 4.78 is 32.1. The predicted octanol–water partition coefficient (Wildman–Crippen LogP) is 1.63. The van der Waals surface area contributed by atoms with Crippen molar-refractivity contribution in [3.8, 4) is 11.1 Å². The summed E-state index contributed by atoms with van der Waals surface area (Å²) in [6.07, 6.45) is 3.31. The average molecular weight is 347 g/mol. The summed E-state index contributed by atoms with van der Waals surface area (Å²) in [7, 11) is -1.61. The predicted molar refractivity (Wildman–Crippen MR) is 91.0 cm³/mol. The third kappa shape index (κ3) is 3.24. The highest BCUT2D eigenvalue weighted by Crippen LogP contribution is 2.24. The highest BCUT2D eigenvalue weighted by Gasteiger charge is 2.09. The summed E-state index contributed by atoms with van der Waals surface area (Å²) in [6, 6.07) is 7.28. The molecule has 0 saturated heterocycles. The number of hydrogen-bond donors (Lipinski definition) is 1. The van der Waals surface area contributed by atoms with Crippen LogP contribution in [-0.4, -0.2) is 23.7 Å². The Morgan fingerprint density at radius 3 is 2.75 bits per heavy atom. The van der Waals surface area contributed by atoms with Gasteiger partial charge >= 0.3 is 5.76 Å². The zero-order chi connectivity index (χ0) is 17.3. The molecule has 24 heavy (non-hydrogen) atoms. The number of rotatable bonds is 5. The number of pyridine rings is 1. The Labute approximate surface area is 139 Å². The maximum atomic E-state index is 11.6. The lowest BCUT2D eigenvalue weighted by Crippen LogP contribution is -2.24. The topological polar surface area (TPSA) is 94.2 Å². The summed E-state index contributed by atoms with van der Waals surface area (Å²) >= 11 is 0. The van der Waals surface area contributed by atoms with E-state index in [0.717, 1.165) is 16.7 Å². The zero-order valence-corrected chi connectivity index (χ0v) is 14.1. The molecule has 0 saturated carbocycles. The molecule has 0 aliphatic carbocycles. The van der Waals surface area contributed by atoms with Crippen molar-refractivity contribution in [1.29, 1.82) is 0 Å². The average Bonchev–Trinajstić information content (AvgIpc) is 2.87. The van der Waals surface area contributed by atoms with Crippen molar-refractivity contribution in [2.75, 3.05) is 5.75 Å². The molecule has 8 heteroatoms. The first-order valence-electron chi connectivity index (χ1n) is 7.41. The van der Waals surface area contributed by atoms with Crippen LogP contribution in [0.1, 0.15) is 12.5 Å². The van der Waals surface area contributed by atoms with Gasteiger partial charge in [-0.05, 0) is 36.2 Å². The maximum absolute atomic E-state index is 11.6. The summed E-state index contributed by atoms with van der Waals surface area (Å²) in [6.45, 7) is 1.77. The zero-order valence-electron chi connectivity index (χ0n) is 13.3. The van der Waals surface area contributed by atoms with Crippen molar-refractivity contribution in [3.63, 3.8) is 0 Å². The highest BCUT2D eigenvalue weighted by molar-refractivity contribution is 7.89. The van der Waals surface area contributed by atoms with Crippen LogP contribution in [0, 0.1) is 0 Å². The Morgan fingerprint density at radius 1 is 1.21 bits per heavy atom. The number of hydrogen-bond acceptors (Lipinski definition) is 5. The van der Waals surface area contributed by atoms with Crippen LogP contribution >= 0.6 is 0 Å². The van der Waals surface area contributed by atoms with Gasteiger partial charge in [-0.1, -0.05) is 6.07 Å². The van der Waals surface area contributed by atoms with E-state index >= 15 is 0 Å². The van der Waals surface area contributed by atoms with Gasteiger partial charge in [-0.3, -0.25) is 9.55 Å². The second-order valence-electron chi connectivity index (χ2n) is 5.42. The molecule has 0 radical (unpaired) electrons. The molecule has 7 nitrogen and oxygen atoms in total. The van der Waals surface area contributed by atoms with Gasteiger partial charge in [0.2, 0.25) is 10.0 Å². The van der Waals surface area contributed by atoms with Gasteiger partial charge in [0.15, 0.2) is 5.58 Å². The van der Waals surface area contributed by atoms with Gasteiger partial charge in [0.25, 0.3) is 0 Å². The van der Waals surface area contributed by atoms with E-state index in [1.165, 1.54) is 4.57 Å². The summed E-state index contributed by atoms with van der Waals surface area (Å²) in [5, 5.41) is 0. The van der Waals surface area contributed by atoms with Crippen molar-refractivity contribution in [3.05, 3.63) is 52.8 Å². The Bertz CT molecular complexity index is 1050. The minimum Gasteiger partial charge on any atom is -0.408 e. The van der Waals surface area contributed by atoms with Crippen molar-refractivity contribution >= 4 is 21.1 Å². The minimum absolute atomic E-state index is 0.0330. The lowest BCUT2D eigenvalue weighted by Gasteiger charge is -2.07. The van der Waals surface area contributed by atoms with Crippen LogP contribution in [0.3, 0.4) is 0 Å². The summed E-state index contributed by atoms with van der Waals surface area (Å²) in [5.74, 6) is -0.381. The van der Waals surface area contributed by atoms with Gasteiger partial charge in [0, 0.05) is 31.5 Å². The molecule has 0 atom stereocenters. The first-order valence-corrected chi connectivity index (χ1v) is 9.06. The van der Waals surface area contributed by atoms with E-state index < -0.39 is 15.8 Å². The molecular weight excluding hydrogens is 330 g/mol. The Kier molecular flexibility index (Phi) is 4.25. The minimum atomic E-state index is -3.26. The number of aromatic nitrogens is 2. The Hall–Kier alpha value is -2.45. The number of benzene rings is 1. The SMILES string of the molecule is CCS(=O)(=O)NCc1cncc(-c2ccc3oc(=O)n(C)c3c2)c1. The summed E-state index contributed by atoms with van der Waals surface area (Å²) in [5.41, 5.74) is 3.66. The first-order chi connectivity index (χ1) is 11.4. The van der Waals surface area contributed by atoms with Crippen LogP contribution in [0.25, 0.3) is 22.2 Å². The van der Waals surface area contributed by atoms with Gasteiger partial charge < -0.3 is 4.42 Å². The van der Waals surface area contributed by atoms with Crippen LogP contribution in [0.15, 0.2) is 45.9 Å². The monoisotopic (exact) mass is 347 g/mol. The molecule has 3 rings (SSSR count). The van der Waals surface area contributed by atoms with Crippen molar-refractivity contribution in [1.82, 2.24) is 14.3 Å². The molecule has 0 fully saturated rings. The molecular formula is C16H17N3O4S. The lowest BCUT2D eigenvalue weighted by atomic mass is 10.1. The van der Waals surface area contributed by atoms with Gasteiger partial charge in [0.05, 0.1) is 11.3 Å². The second kappa shape index (κ2) is 6.21. The van der Waals surface area contributed by atoms with Gasteiger partial charge in [-0.15, -0.1) is 0 Å². The Balaban J connectivity index is 1.94. The normalized spacial score (nSPS) is 11.9. The largest absolute Gasteiger partial charge is 0.419 e. The van der Waals surface area contributed by atoms with Crippen LogP contribution in [0.5, 0.6) is 0 Å². The van der Waals surface area contributed by atoms with E-state index in [9.17, 15) is 13.2 Å². The van der Waals surface area contributed by atoms with E-state index in [2.05, 4.69) is 9.71 Å².